The van der Waals surface area contributed by atoms with E-state index in [0.29, 0.717) is 6.04 Å². The van der Waals surface area contributed by atoms with Crippen LogP contribution < -0.4 is 0 Å². The van der Waals surface area contributed by atoms with Gasteiger partial charge >= 0.3 is 0 Å². The quantitative estimate of drug-likeness (QED) is 0.846. The third-order valence-electron chi connectivity index (χ3n) is 3.27. The van der Waals surface area contributed by atoms with Gasteiger partial charge in [-0.25, -0.2) is 0 Å². The van der Waals surface area contributed by atoms with Crippen LogP contribution in [-0.2, 0) is 17.8 Å². The van der Waals surface area contributed by atoms with Crippen molar-refractivity contribution in [3.8, 4) is 0 Å². The fourth-order valence-corrected chi connectivity index (χ4v) is 3.27. The zero-order valence-electron chi connectivity index (χ0n) is 10.5. The van der Waals surface area contributed by atoms with E-state index in [1.165, 1.54) is 10.6 Å². The molecule has 0 bridgehead atoms. The fraction of sp³-hybridized carbons (Fsp3) is 0.462. The van der Waals surface area contributed by atoms with Gasteiger partial charge in [-0.05, 0) is 17.5 Å². The molecule has 0 fully saturated rings. The zero-order valence-corrected chi connectivity index (χ0v) is 11.3. The number of ether oxygens (including phenoxy) is 1. The highest BCUT2D eigenvalue weighted by molar-refractivity contribution is 7.09. The van der Waals surface area contributed by atoms with Crippen molar-refractivity contribution >= 4 is 11.3 Å². The molecule has 1 unspecified atom stereocenters. The van der Waals surface area contributed by atoms with Crippen LogP contribution in [0.15, 0.2) is 29.8 Å². The number of methoxy groups -OCH3 is 1. The third-order valence-corrected chi connectivity index (χ3v) is 4.13. The highest BCUT2D eigenvalue weighted by Gasteiger charge is 2.25. The summed E-state index contributed by atoms with van der Waals surface area (Å²) >= 11 is 1.82. The maximum absolute atomic E-state index is 5.31. The molecule has 2 aromatic rings. The highest BCUT2D eigenvalue weighted by Crippen LogP contribution is 2.23. The average Bonchev–Trinajstić information content (AvgIpc) is 3.00. The molecule has 1 aliphatic rings. The monoisotopic (exact) mass is 263 g/mol. The van der Waals surface area contributed by atoms with Crippen LogP contribution >= 0.6 is 11.3 Å². The Labute approximate surface area is 111 Å². The van der Waals surface area contributed by atoms with Crippen LogP contribution in [0.1, 0.15) is 16.6 Å². The maximum atomic E-state index is 5.31. The first-order valence-corrected chi connectivity index (χ1v) is 7.01. The van der Waals surface area contributed by atoms with Gasteiger partial charge in [0.1, 0.15) is 0 Å². The molecule has 5 heteroatoms. The van der Waals surface area contributed by atoms with Gasteiger partial charge in [0, 0.05) is 37.8 Å². The molecule has 3 rings (SSSR count). The van der Waals surface area contributed by atoms with E-state index in [-0.39, 0.29) is 0 Å². The Bertz CT molecular complexity index is 494. The molecule has 0 N–H and O–H groups in total. The molecule has 0 aromatic carbocycles. The first-order chi connectivity index (χ1) is 8.86. The van der Waals surface area contributed by atoms with Crippen molar-refractivity contribution in [1.82, 2.24) is 14.7 Å². The summed E-state index contributed by atoms with van der Waals surface area (Å²) in [5, 5.41) is 6.54. The largest absolute Gasteiger partial charge is 0.382 e. The smallest absolute Gasteiger partial charge is 0.0883 e. The Morgan fingerprint density at radius 2 is 2.44 bits per heavy atom. The molecule has 1 aliphatic heterocycles. The van der Waals surface area contributed by atoms with E-state index in [0.717, 1.165) is 26.2 Å². The molecule has 0 saturated heterocycles. The Kier molecular flexibility index (Phi) is 3.45. The Morgan fingerprint density at radius 1 is 1.50 bits per heavy atom. The zero-order chi connectivity index (χ0) is 12.4. The van der Waals surface area contributed by atoms with Gasteiger partial charge in [0.25, 0.3) is 0 Å². The number of hydrogen-bond acceptors (Lipinski definition) is 4. The Morgan fingerprint density at radius 3 is 3.22 bits per heavy atom. The second-order valence-electron chi connectivity index (χ2n) is 4.63. The van der Waals surface area contributed by atoms with Gasteiger partial charge in [0.05, 0.1) is 18.3 Å². The summed E-state index contributed by atoms with van der Waals surface area (Å²) in [4.78, 5) is 3.88. The normalized spacial score (nSPS) is 19.9. The summed E-state index contributed by atoms with van der Waals surface area (Å²) in [6, 6.07) is 6.74. The van der Waals surface area contributed by atoms with E-state index in [4.69, 9.17) is 4.74 Å². The summed E-state index contributed by atoms with van der Waals surface area (Å²) in [7, 11) is 1.75. The van der Waals surface area contributed by atoms with Gasteiger partial charge in [-0.3, -0.25) is 9.58 Å². The molecule has 0 aliphatic carbocycles. The average molecular weight is 263 g/mol. The number of rotatable bonds is 4. The van der Waals surface area contributed by atoms with Crippen molar-refractivity contribution in [2.45, 2.75) is 19.1 Å². The molecule has 2 aromatic heterocycles. The predicted molar refractivity (Wildman–Crippen MR) is 71.6 cm³/mol. The first kappa shape index (κ1) is 11.9. The van der Waals surface area contributed by atoms with E-state index >= 15 is 0 Å². The summed E-state index contributed by atoms with van der Waals surface area (Å²) in [5.74, 6) is 0. The number of fused-ring (bicyclic) bond motifs is 1. The molecule has 0 amide bonds. The minimum atomic E-state index is 0.328. The molecular weight excluding hydrogens is 246 g/mol. The Balaban J connectivity index is 1.76. The maximum Gasteiger partial charge on any atom is 0.0883 e. The number of thiophene rings is 1. The van der Waals surface area contributed by atoms with Crippen LogP contribution in [0.5, 0.6) is 0 Å². The predicted octanol–water partition coefficient (Wildman–Crippen LogP) is 2.15. The van der Waals surface area contributed by atoms with Crippen molar-refractivity contribution in [3.63, 3.8) is 0 Å². The van der Waals surface area contributed by atoms with Gasteiger partial charge in [-0.15, -0.1) is 11.3 Å². The summed E-state index contributed by atoms with van der Waals surface area (Å²) in [6.45, 7) is 3.71. The molecule has 96 valence electrons. The second kappa shape index (κ2) is 5.22. The van der Waals surface area contributed by atoms with Crippen LogP contribution in [-0.4, -0.2) is 34.9 Å². The molecule has 18 heavy (non-hydrogen) atoms. The topological polar surface area (TPSA) is 30.3 Å². The third kappa shape index (κ3) is 2.34. The lowest BCUT2D eigenvalue weighted by molar-refractivity contribution is 0.0912. The van der Waals surface area contributed by atoms with E-state index in [1.807, 2.05) is 17.5 Å². The van der Waals surface area contributed by atoms with Gasteiger partial charge < -0.3 is 4.74 Å². The van der Waals surface area contributed by atoms with E-state index in [2.05, 4.69) is 38.3 Å². The van der Waals surface area contributed by atoms with Gasteiger partial charge in [-0.2, -0.15) is 5.10 Å². The van der Waals surface area contributed by atoms with Crippen LogP contribution in [0.25, 0.3) is 0 Å². The highest BCUT2D eigenvalue weighted by atomic mass is 32.1. The number of nitrogens with zero attached hydrogens (tertiary/aromatic N) is 3. The van der Waals surface area contributed by atoms with Crippen molar-refractivity contribution in [3.05, 3.63) is 40.3 Å². The van der Waals surface area contributed by atoms with Crippen LogP contribution in [0.3, 0.4) is 0 Å². The van der Waals surface area contributed by atoms with Crippen molar-refractivity contribution < 1.29 is 4.74 Å². The summed E-state index contributed by atoms with van der Waals surface area (Å²) < 4.78 is 7.41. The molecule has 4 nitrogen and oxygen atoms in total. The Hall–Kier alpha value is -1.17. The van der Waals surface area contributed by atoms with Crippen molar-refractivity contribution in [2.24, 2.45) is 0 Å². The standard InChI is InChI=1S/C13H17N3OS/c1-17-10-12-8-15(9-13-3-2-6-18-13)7-11-4-5-14-16(11)12/h2-6,12H,7-10H2,1H3. The lowest BCUT2D eigenvalue weighted by Crippen LogP contribution is -2.38. The first-order valence-electron chi connectivity index (χ1n) is 6.13. The lowest BCUT2D eigenvalue weighted by atomic mass is 10.2. The van der Waals surface area contributed by atoms with Crippen molar-refractivity contribution in [2.75, 3.05) is 20.3 Å². The summed E-state index contributed by atoms with van der Waals surface area (Å²) in [6.07, 6.45) is 1.88. The lowest BCUT2D eigenvalue weighted by Gasteiger charge is -2.33. The van der Waals surface area contributed by atoms with Crippen molar-refractivity contribution in [1.29, 1.82) is 0 Å². The molecule has 1 atom stereocenters. The fourth-order valence-electron chi connectivity index (χ4n) is 2.52. The van der Waals surface area contributed by atoms with Gasteiger partial charge in [0.2, 0.25) is 0 Å². The SMILES string of the molecule is COCC1CN(Cc2cccs2)Cc2ccnn21. The molecule has 0 radical (unpaired) electrons. The van der Waals surface area contributed by atoms with Crippen LogP contribution in [0, 0.1) is 0 Å². The molecular formula is C13H17N3OS. The van der Waals surface area contributed by atoms with Crippen LogP contribution in [0.4, 0.5) is 0 Å². The molecule has 3 heterocycles. The second-order valence-corrected chi connectivity index (χ2v) is 5.66. The molecule has 0 saturated carbocycles. The number of aromatic nitrogens is 2. The number of hydrogen-bond donors (Lipinski definition) is 0. The summed E-state index contributed by atoms with van der Waals surface area (Å²) in [5.41, 5.74) is 1.28. The molecule has 0 spiro atoms. The van der Waals surface area contributed by atoms with Gasteiger partial charge in [-0.1, -0.05) is 6.07 Å². The van der Waals surface area contributed by atoms with E-state index in [1.54, 1.807) is 7.11 Å². The van der Waals surface area contributed by atoms with Crippen LogP contribution in [0.2, 0.25) is 0 Å². The van der Waals surface area contributed by atoms with Gasteiger partial charge in [0.15, 0.2) is 0 Å². The minimum Gasteiger partial charge on any atom is -0.382 e. The van der Waals surface area contributed by atoms with E-state index in [9.17, 15) is 0 Å². The minimum absolute atomic E-state index is 0.328. The van der Waals surface area contributed by atoms with E-state index < -0.39 is 0 Å².